The van der Waals surface area contributed by atoms with Crippen LogP contribution in [0.3, 0.4) is 0 Å². The maximum absolute atomic E-state index is 2.49. The molecule has 0 aliphatic heterocycles. The van der Waals surface area contributed by atoms with Gasteiger partial charge in [-0.15, -0.1) is 0 Å². The zero-order chi connectivity index (χ0) is 23.1. The standard InChI is InChI=1S/C12H11Si.2C10H9.Zr/c1-3-7-11(8-4-1)13-12-9-5-2-6-10-12;2*1-8-6-9-4-2-3-5-10(9)7-8;/h1-10,13H;2*2-7H,1H3;. The van der Waals surface area contributed by atoms with Crippen molar-refractivity contribution in [2.75, 3.05) is 0 Å². The van der Waals surface area contributed by atoms with Gasteiger partial charge in [-0.1, -0.05) is 0 Å². The second-order valence-electron chi connectivity index (χ2n) is 9.65. The van der Waals surface area contributed by atoms with Gasteiger partial charge in [0.25, 0.3) is 0 Å². The van der Waals surface area contributed by atoms with E-state index < -0.39 is 26.8 Å². The second kappa shape index (κ2) is 9.25. The van der Waals surface area contributed by atoms with Crippen LogP contribution in [0, 0.1) is 0 Å². The summed E-state index contributed by atoms with van der Waals surface area (Å²) in [7, 11) is 0. The van der Waals surface area contributed by atoms with Gasteiger partial charge in [0.15, 0.2) is 0 Å². The molecule has 2 heteroatoms. The predicted molar refractivity (Wildman–Crippen MR) is 145 cm³/mol. The van der Waals surface area contributed by atoms with Gasteiger partial charge < -0.3 is 0 Å². The van der Waals surface area contributed by atoms with Crippen molar-refractivity contribution in [3.05, 3.63) is 143 Å². The van der Waals surface area contributed by atoms with E-state index in [0.29, 0.717) is 7.25 Å². The normalized spacial score (nSPS) is 18.3. The first-order chi connectivity index (χ1) is 16.7. The number of fused-ring (bicyclic) bond motifs is 2. The van der Waals surface area contributed by atoms with Crippen molar-refractivity contribution < 1.29 is 20.9 Å². The van der Waals surface area contributed by atoms with Gasteiger partial charge in [-0.2, -0.15) is 0 Å². The molecular formula is C32H29SiZr. The molecule has 165 valence electrons. The molecule has 0 N–H and O–H groups in total. The molecule has 0 amide bonds. The SMILES string of the molecule is CC1=Cc2ccccc2[CH]1[Zr]([CH]1C(C)=Cc2ccccc21)[SiH](c1ccccc1)c1ccccc1. The van der Waals surface area contributed by atoms with Gasteiger partial charge >= 0.3 is 213 Å². The summed E-state index contributed by atoms with van der Waals surface area (Å²) >= 11 is -2.33. The van der Waals surface area contributed by atoms with Gasteiger partial charge in [-0.25, -0.2) is 0 Å². The fourth-order valence-corrected chi connectivity index (χ4v) is 34.8. The van der Waals surface area contributed by atoms with Crippen molar-refractivity contribution in [2.24, 2.45) is 0 Å². The Bertz CT molecular complexity index is 1280. The molecule has 6 rings (SSSR count). The number of hydrogen-bond acceptors (Lipinski definition) is 0. The van der Waals surface area contributed by atoms with E-state index in [1.165, 1.54) is 11.1 Å². The molecule has 2 aliphatic carbocycles. The monoisotopic (exact) mass is 531 g/mol. The van der Waals surface area contributed by atoms with E-state index in [4.69, 9.17) is 0 Å². The molecule has 34 heavy (non-hydrogen) atoms. The van der Waals surface area contributed by atoms with E-state index >= 15 is 0 Å². The number of hydrogen-bond donors (Lipinski definition) is 0. The Morgan fingerprint density at radius 2 is 0.882 bits per heavy atom. The molecule has 2 unspecified atom stereocenters. The van der Waals surface area contributed by atoms with Crippen LogP contribution in [-0.4, -0.2) is 5.92 Å². The van der Waals surface area contributed by atoms with Crippen LogP contribution in [0.15, 0.2) is 120 Å². The Labute approximate surface area is 211 Å². The molecule has 0 bridgehead atoms. The predicted octanol–water partition coefficient (Wildman–Crippen LogP) is 6.46. The van der Waals surface area contributed by atoms with Crippen molar-refractivity contribution in [2.45, 2.75) is 21.1 Å². The fourth-order valence-electron chi connectivity index (χ4n) is 6.21. The molecule has 0 spiro atoms. The fraction of sp³-hybridized carbons (Fsp3) is 0.125. The molecule has 0 heterocycles. The zero-order valence-electron chi connectivity index (χ0n) is 19.8. The molecule has 0 radical (unpaired) electrons. The Hall–Kier alpha value is -2.54. The summed E-state index contributed by atoms with van der Waals surface area (Å²) in [4.78, 5) is 0. The van der Waals surface area contributed by atoms with E-state index in [1.807, 2.05) is 0 Å². The Morgan fingerprint density at radius 1 is 0.500 bits per heavy atom. The van der Waals surface area contributed by atoms with Crippen molar-refractivity contribution >= 4 is 28.4 Å². The van der Waals surface area contributed by atoms with E-state index in [1.54, 1.807) is 32.6 Å². The van der Waals surface area contributed by atoms with E-state index in [9.17, 15) is 0 Å². The number of benzene rings is 4. The van der Waals surface area contributed by atoms with Crippen molar-refractivity contribution in [1.29, 1.82) is 0 Å². The van der Waals surface area contributed by atoms with Crippen LogP contribution in [0.5, 0.6) is 0 Å². The van der Waals surface area contributed by atoms with Crippen molar-refractivity contribution in [3.8, 4) is 0 Å². The summed E-state index contributed by atoms with van der Waals surface area (Å²) in [5.74, 6) is -1.45. The van der Waals surface area contributed by atoms with Crippen LogP contribution in [0.2, 0.25) is 0 Å². The topological polar surface area (TPSA) is 0 Å². The van der Waals surface area contributed by atoms with Crippen molar-refractivity contribution in [3.63, 3.8) is 0 Å². The van der Waals surface area contributed by atoms with Crippen LogP contribution in [-0.2, 0) is 20.9 Å². The number of allylic oxidation sites excluding steroid dienone is 2. The average Bonchev–Trinajstić information content (AvgIpc) is 3.39. The van der Waals surface area contributed by atoms with Crippen LogP contribution >= 0.6 is 0 Å². The van der Waals surface area contributed by atoms with Crippen LogP contribution in [0.4, 0.5) is 0 Å². The average molecular weight is 533 g/mol. The summed E-state index contributed by atoms with van der Waals surface area (Å²) in [5, 5.41) is 3.25. The first kappa shape index (κ1) is 22.0. The van der Waals surface area contributed by atoms with E-state index in [2.05, 4.69) is 135 Å². The molecule has 0 nitrogen and oxygen atoms in total. The maximum atomic E-state index is 2.49. The summed E-state index contributed by atoms with van der Waals surface area (Å²) in [6.07, 6.45) is 4.98. The van der Waals surface area contributed by atoms with Gasteiger partial charge in [0.1, 0.15) is 0 Å². The first-order valence-electron chi connectivity index (χ1n) is 12.2. The Morgan fingerprint density at radius 3 is 1.32 bits per heavy atom. The number of rotatable bonds is 5. The van der Waals surface area contributed by atoms with Gasteiger partial charge in [0.2, 0.25) is 0 Å². The minimum absolute atomic E-state index is 0.621. The molecule has 0 fully saturated rings. The van der Waals surface area contributed by atoms with Crippen molar-refractivity contribution in [1.82, 2.24) is 0 Å². The van der Waals surface area contributed by atoms with Gasteiger partial charge in [-0.3, -0.25) is 0 Å². The Kier molecular flexibility index (Phi) is 5.97. The summed E-state index contributed by atoms with van der Waals surface area (Å²) < 4.78 is 1.24. The molecule has 2 aliphatic rings. The minimum atomic E-state index is -2.33. The molecule has 4 aromatic rings. The molecule has 4 aromatic carbocycles. The molecular weight excluding hydrogens is 504 g/mol. The third-order valence-electron chi connectivity index (χ3n) is 7.56. The molecule has 2 atom stereocenters. The van der Waals surface area contributed by atoms with E-state index in [-0.39, 0.29) is 0 Å². The Balaban J connectivity index is 1.62. The molecule has 0 aromatic heterocycles. The summed E-state index contributed by atoms with van der Waals surface area (Å²) in [6.45, 7) is 4.82. The van der Waals surface area contributed by atoms with Crippen LogP contribution < -0.4 is 10.4 Å². The zero-order valence-corrected chi connectivity index (χ0v) is 23.4. The summed E-state index contributed by atoms with van der Waals surface area (Å²) in [6, 6.07) is 41.5. The summed E-state index contributed by atoms with van der Waals surface area (Å²) in [5.41, 5.74) is 9.27. The van der Waals surface area contributed by atoms with E-state index in [0.717, 1.165) is 0 Å². The quantitative estimate of drug-likeness (QED) is 0.259. The first-order valence-corrected chi connectivity index (χ1v) is 21.1. The van der Waals surface area contributed by atoms with Crippen LogP contribution in [0.25, 0.3) is 12.2 Å². The van der Waals surface area contributed by atoms with Gasteiger partial charge in [0, 0.05) is 0 Å². The second-order valence-corrected chi connectivity index (χ2v) is 25.4. The third kappa shape index (κ3) is 3.78. The molecule has 0 saturated carbocycles. The molecule has 0 saturated heterocycles. The van der Waals surface area contributed by atoms with Gasteiger partial charge in [0.05, 0.1) is 0 Å². The van der Waals surface area contributed by atoms with Crippen LogP contribution in [0.1, 0.15) is 43.4 Å². The third-order valence-corrected chi connectivity index (χ3v) is 31.1. The van der Waals surface area contributed by atoms with Gasteiger partial charge in [-0.05, 0) is 0 Å².